The maximum atomic E-state index is 12.0. The van der Waals surface area contributed by atoms with Gasteiger partial charge in [0.2, 0.25) is 0 Å². The molecule has 106 valence electrons. The van der Waals surface area contributed by atoms with Crippen LogP contribution in [0.1, 0.15) is 28.3 Å². The number of rotatable bonds is 4. The SMILES string of the molecule is C[C@H](NC(=O)c1ccsc1)c1nc(-c2cccnc2)cs1. The first kappa shape index (κ1) is 13.9. The van der Waals surface area contributed by atoms with Crippen LogP contribution in [0.5, 0.6) is 0 Å². The van der Waals surface area contributed by atoms with Crippen molar-refractivity contribution < 1.29 is 4.79 Å². The molecule has 0 aromatic carbocycles. The van der Waals surface area contributed by atoms with Crippen molar-refractivity contribution in [3.8, 4) is 11.3 Å². The molecule has 0 radical (unpaired) electrons. The number of carbonyl (C=O) groups excluding carboxylic acids is 1. The Balaban J connectivity index is 1.73. The maximum Gasteiger partial charge on any atom is 0.252 e. The van der Waals surface area contributed by atoms with Gasteiger partial charge in [-0.05, 0) is 30.5 Å². The zero-order valence-electron chi connectivity index (χ0n) is 11.3. The number of hydrogen-bond donors (Lipinski definition) is 1. The van der Waals surface area contributed by atoms with E-state index in [2.05, 4.69) is 15.3 Å². The van der Waals surface area contributed by atoms with Gasteiger partial charge in [-0.1, -0.05) is 0 Å². The number of amides is 1. The van der Waals surface area contributed by atoms with Gasteiger partial charge in [0, 0.05) is 28.7 Å². The van der Waals surface area contributed by atoms with Gasteiger partial charge in [-0.2, -0.15) is 11.3 Å². The number of nitrogens with zero attached hydrogens (tertiary/aromatic N) is 2. The zero-order chi connectivity index (χ0) is 14.7. The van der Waals surface area contributed by atoms with E-state index in [4.69, 9.17) is 0 Å². The summed E-state index contributed by atoms with van der Waals surface area (Å²) in [7, 11) is 0. The van der Waals surface area contributed by atoms with Crippen LogP contribution in [-0.4, -0.2) is 15.9 Å². The van der Waals surface area contributed by atoms with Crippen molar-refractivity contribution in [3.63, 3.8) is 0 Å². The van der Waals surface area contributed by atoms with Gasteiger partial charge in [-0.25, -0.2) is 4.98 Å². The number of nitrogens with one attached hydrogen (secondary N) is 1. The fraction of sp³-hybridized carbons (Fsp3) is 0.133. The van der Waals surface area contributed by atoms with E-state index in [1.54, 1.807) is 23.7 Å². The Morgan fingerprint density at radius 3 is 2.95 bits per heavy atom. The monoisotopic (exact) mass is 315 g/mol. The molecule has 0 unspecified atom stereocenters. The number of hydrogen-bond acceptors (Lipinski definition) is 5. The molecule has 0 aliphatic rings. The van der Waals surface area contributed by atoms with Crippen molar-refractivity contribution >= 4 is 28.6 Å². The molecule has 3 aromatic rings. The summed E-state index contributed by atoms with van der Waals surface area (Å²) in [4.78, 5) is 20.7. The molecular weight excluding hydrogens is 302 g/mol. The predicted molar refractivity (Wildman–Crippen MR) is 85.5 cm³/mol. The lowest BCUT2D eigenvalue weighted by Crippen LogP contribution is -2.26. The Labute approximate surface area is 130 Å². The number of thiophene rings is 1. The fourth-order valence-corrected chi connectivity index (χ4v) is 3.34. The average molecular weight is 315 g/mol. The van der Waals surface area contributed by atoms with E-state index >= 15 is 0 Å². The second-order valence-corrected chi connectivity index (χ2v) is 6.19. The lowest BCUT2D eigenvalue weighted by Gasteiger charge is -2.10. The van der Waals surface area contributed by atoms with Gasteiger partial charge in [0.1, 0.15) is 5.01 Å². The Kier molecular flexibility index (Phi) is 4.08. The summed E-state index contributed by atoms with van der Waals surface area (Å²) in [5, 5.41) is 9.57. The molecule has 3 heterocycles. The average Bonchev–Trinajstić information content (AvgIpc) is 3.20. The minimum absolute atomic E-state index is 0.0677. The van der Waals surface area contributed by atoms with Crippen molar-refractivity contribution in [2.24, 2.45) is 0 Å². The van der Waals surface area contributed by atoms with Crippen LogP contribution < -0.4 is 5.32 Å². The highest BCUT2D eigenvalue weighted by Gasteiger charge is 2.15. The molecule has 0 aliphatic carbocycles. The molecule has 1 N–H and O–H groups in total. The molecular formula is C15H13N3OS2. The molecule has 21 heavy (non-hydrogen) atoms. The summed E-state index contributed by atoms with van der Waals surface area (Å²) in [6.07, 6.45) is 3.52. The minimum atomic E-state index is -0.118. The van der Waals surface area contributed by atoms with Gasteiger partial charge in [0.25, 0.3) is 5.91 Å². The number of thiazole rings is 1. The maximum absolute atomic E-state index is 12.0. The summed E-state index contributed by atoms with van der Waals surface area (Å²) in [6, 6.07) is 5.56. The summed E-state index contributed by atoms with van der Waals surface area (Å²) in [6.45, 7) is 1.94. The highest BCUT2D eigenvalue weighted by molar-refractivity contribution is 7.10. The molecule has 4 nitrogen and oxygen atoms in total. The summed E-state index contributed by atoms with van der Waals surface area (Å²) in [5.74, 6) is -0.0677. The summed E-state index contributed by atoms with van der Waals surface area (Å²) < 4.78 is 0. The van der Waals surface area contributed by atoms with Gasteiger partial charge in [-0.15, -0.1) is 11.3 Å². The van der Waals surface area contributed by atoms with Gasteiger partial charge in [-0.3, -0.25) is 9.78 Å². The number of pyridine rings is 1. The van der Waals surface area contributed by atoms with E-state index < -0.39 is 0 Å². The summed E-state index contributed by atoms with van der Waals surface area (Å²) in [5.41, 5.74) is 2.56. The smallest absolute Gasteiger partial charge is 0.252 e. The standard InChI is InChI=1S/C15H13N3OS2/c1-10(17-14(19)12-4-6-20-8-12)15-18-13(9-21-15)11-3-2-5-16-7-11/h2-10H,1H3,(H,17,19)/t10-/m0/s1. The second kappa shape index (κ2) is 6.15. The van der Waals surface area contributed by atoms with Gasteiger partial charge in [0.05, 0.1) is 17.3 Å². The van der Waals surface area contributed by atoms with Crippen LogP contribution in [0.25, 0.3) is 11.3 Å². The molecule has 0 spiro atoms. The predicted octanol–water partition coefficient (Wildman–Crippen LogP) is 3.76. The molecule has 3 rings (SSSR count). The fourth-order valence-electron chi connectivity index (χ4n) is 1.87. The zero-order valence-corrected chi connectivity index (χ0v) is 12.9. The van der Waals surface area contributed by atoms with Crippen LogP contribution in [0.4, 0.5) is 0 Å². The van der Waals surface area contributed by atoms with E-state index in [0.717, 1.165) is 16.3 Å². The Bertz CT molecular complexity index is 722. The first-order valence-electron chi connectivity index (χ1n) is 6.43. The van der Waals surface area contributed by atoms with E-state index in [1.807, 2.05) is 41.3 Å². The Morgan fingerprint density at radius 1 is 1.33 bits per heavy atom. The third-order valence-corrected chi connectivity index (χ3v) is 4.69. The number of carbonyl (C=O) groups is 1. The normalized spacial score (nSPS) is 12.0. The highest BCUT2D eigenvalue weighted by atomic mass is 32.1. The quantitative estimate of drug-likeness (QED) is 0.797. The van der Waals surface area contributed by atoms with Crippen molar-refractivity contribution in [2.75, 3.05) is 0 Å². The molecule has 1 amide bonds. The molecule has 6 heteroatoms. The topological polar surface area (TPSA) is 54.9 Å². The lowest BCUT2D eigenvalue weighted by molar-refractivity contribution is 0.0940. The largest absolute Gasteiger partial charge is 0.343 e. The van der Waals surface area contributed by atoms with E-state index in [9.17, 15) is 4.79 Å². The second-order valence-electron chi connectivity index (χ2n) is 4.52. The minimum Gasteiger partial charge on any atom is -0.343 e. The van der Waals surface area contributed by atoms with Crippen LogP contribution in [0.2, 0.25) is 0 Å². The molecule has 1 atom stereocenters. The highest BCUT2D eigenvalue weighted by Crippen LogP contribution is 2.25. The number of aromatic nitrogens is 2. The Hall–Kier alpha value is -2.05. The van der Waals surface area contributed by atoms with Crippen LogP contribution >= 0.6 is 22.7 Å². The lowest BCUT2D eigenvalue weighted by atomic mass is 10.2. The van der Waals surface area contributed by atoms with Crippen LogP contribution in [0.15, 0.2) is 46.7 Å². The first-order chi connectivity index (χ1) is 10.2. The summed E-state index contributed by atoms with van der Waals surface area (Å²) >= 11 is 3.05. The van der Waals surface area contributed by atoms with E-state index in [-0.39, 0.29) is 11.9 Å². The van der Waals surface area contributed by atoms with Gasteiger partial charge in [0.15, 0.2) is 0 Å². The molecule has 0 saturated heterocycles. The molecule has 0 saturated carbocycles. The molecule has 0 fully saturated rings. The third kappa shape index (κ3) is 3.17. The molecule has 0 aliphatic heterocycles. The van der Waals surface area contributed by atoms with Crippen molar-refractivity contribution in [2.45, 2.75) is 13.0 Å². The van der Waals surface area contributed by atoms with Crippen molar-refractivity contribution in [3.05, 3.63) is 57.3 Å². The van der Waals surface area contributed by atoms with E-state index in [0.29, 0.717) is 5.56 Å². The van der Waals surface area contributed by atoms with Crippen molar-refractivity contribution in [1.82, 2.24) is 15.3 Å². The van der Waals surface area contributed by atoms with Crippen molar-refractivity contribution in [1.29, 1.82) is 0 Å². The van der Waals surface area contributed by atoms with Crippen LogP contribution in [0, 0.1) is 0 Å². The molecule has 0 bridgehead atoms. The van der Waals surface area contributed by atoms with Crippen LogP contribution in [0.3, 0.4) is 0 Å². The Morgan fingerprint density at radius 2 is 2.24 bits per heavy atom. The van der Waals surface area contributed by atoms with Crippen LogP contribution in [-0.2, 0) is 0 Å². The third-order valence-electron chi connectivity index (χ3n) is 2.98. The van der Waals surface area contributed by atoms with E-state index in [1.165, 1.54) is 11.3 Å². The van der Waals surface area contributed by atoms with Gasteiger partial charge < -0.3 is 5.32 Å². The van der Waals surface area contributed by atoms with Gasteiger partial charge >= 0.3 is 0 Å². The molecule has 3 aromatic heterocycles. The first-order valence-corrected chi connectivity index (χ1v) is 8.25.